The van der Waals surface area contributed by atoms with Crippen molar-refractivity contribution in [2.75, 3.05) is 18.0 Å². The fourth-order valence-corrected chi connectivity index (χ4v) is 4.94. The number of aliphatic imine (C=N–C) groups is 1. The van der Waals surface area contributed by atoms with Crippen molar-refractivity contribution in [2.24, 2.45) is 4.99 Å². The zero-order valence-electron chi connectivity index (χ0n) is 17.9. The van der Waals surface area contributed by atoms with Crippen LogP contribution in [0.25, 0.3) is 22.0 Å². The lowest BCUT2D eigenvalue weighted by Gasteiger charge is -2.38. The zero-order valence-corrected chi connectivity index (χ0v) is 18.6. The number of amides is 1. The van der Waals surface area contributed by atoms with E-state index in [1.54, 1.807) is 0 Å². The van der Waals surface area contributed by atoms with Crippen LogP contribution in [0.15, 0.2) is 60.4 Å². The highest BCUT2D eigenvalue weighted by Gasteiger charge is 2.28. The maximum Gasteiger partial charge on any atom is 0.245 e. The molecule has 5 rings (SSSR count). The second kappa shape index (κ2) is 8.28. The summed E-state index contributed by atoms with van der Waals surface area (Å²) in [5.41, 5.74) is 5.98. The molecule has 32 heavy (non-hydrogen) atoms. The number of H-pyrrole nitrogens is 1. The van der Waals surface area contributed by atoms with Crippen molar-refractivity contribution in [3.8, 4) is 11.1 Å². The van der Waals surface area contributed by atoms with Crippen molar-refractivity contribution < 1.29 is 4.79 Å². The van der Waals surface area contributed by atoms with E-state index in [9.17, 15) is 4.79 Å². The lowest BCUT2D eigenvalue weighted by Crippen LogP contribution is -2.44. The number of carbonyl (C=O) groups is 1. The number of benzene rings is 2. The first-order chi connectivity index (χ1) is 15.6. The average Bonchev–Trinajstić information content (AvgIpc) is 3.19. The first kappa shape index (κ1) is 20.5. The highest BCUT2D eigenvalue weighted by molar-refractivity contribution is 6.34. The summed E-state index contributed by atoms with van der Waals surface area (Å²) in [6.45, 7) is 7.11. The fourth-order valence-electron chi connectivity index (χ4n) is 4.68. The number of anilines is 1. The van der Waals surface area contributed by atoms with Gasteiger partial charge < -0.3 is 9.80 Å². The number of likely N-dealkylation sites (tertiary alicyclic amines) is 1. The van der Waals surface area contributed by atoms with Gasteiger partial charge in [0.1, 0.15) is 0 Å². The van der Waals surface area contributed by atoms with Gasteiger partial charge in [-0.25, -0.2) is 0 Å². The molecule has 2 aliphatic rings. The van der Waals surface area contributed by atoms with E-state index < -0.39 is 0 Å². The third-order valence-electron chi connectivity index (χ3n) is 6.33. The van der Waals surface area contributed by atoms with Gasteiger partial charge in [-0.1, -0.05) is 24.2 Å². The molecule has 0 atom stereocenters. The Bertz CT molecular complexity index is 1270. The van der Waals surface area contributed by atoms with Gasteiger partial charge in [0, 0.05) is 42.5 Å². The summed E-state index contributed by atoms with van der Waals surface area (Å²) in [6, 6.07) is 8.46. The Hall–Kier alpha value is -3.38. The predicted molar refractivity (Wildman–Crippen MR) is 131 cm³/mol. The van der Waals surface area contributed by atoms with Gasteiger partial charge in [0.25, 0.3) is 0 Å². The number of hydrogen-bond acceptors (Lipinski definition) is 4. The molecule has 6 nitrogen and oxygen atoms in total. The summed E-state index contributed by atoms with van der Waals surface area (Å²) in [5, 5.41) is 8.96. The largest absolute Gasteiger partial charge is 0.343 e. The van der Waals surface area contributed by atoms with Crippen LogP contribution in [0.2, 0.25) is 5.02 Å². The molecule has 1 N–H and O–H groups in total. The molecule has 0 saturated carbocycles. The number of piperidine rings is 1. The van der Waals surface area contributed by atoms with Crippen LogP contribution in [0.4, 0.5) is 11.4 Å². The number of aromatic amines is 1. The van der Waals surface area contributed by atoms with Crippen molar-refractivity contribution in [2.45, 2.75) is 25.8 Å². The van der Waals surface area contributed by atoms with E-state index in [0.717, 1.165) is 51.8 Å². The highest BCUT2D eigenvalue weighted by Crippen LogP contribution is 2.44. The molecule has 2 aliphatic heterocycles. The summed E-state index contributed by atoms with van der Waals surface area (Å²) >= 11 is 6.88. The van der Waals surface area contributed by atoms with E-state index in [4.69, 9.17) is 16.6 Å². The number of allylic oxidation sites excluding steroid dienone is 1. The lowest BCUT2D eigenvalue weighted by molar-refractivity contribution is -0.126. The summed E-state index contributed by atoms with van der Waals surface area (Å²) in [5.74, 6) is -0.00456. The van der Waals surface area contributed by atoms with E-state index in [-0.39, 0.29) is 11.9 Å². The molecule has 0 spiro atoms. The molecule has 1 saturated heterocycles. The second-order valence-corrected chi connectivity index (χ2v) is 8.60. The van der Waals surface area contributed by atoms with Crippen LogP contribution >= 0.6 is 11.6 Å². The number of aromatic nitrogens is 2. The van der Waals surface area contributed by atoms with E-state index in [1.165, 1.54) is 6.08 Å². The maximum absolute atomic E-state index is 12.0. The number of carbonyl (C=O) groups excluding carboxylic acids is 1. The van der Waals surface area contributed by atoms with Crippen molar-refractivity contribution in [1.82, 2.24) is 15.1 Å². The number of rotatable bonds is 3. The molecule has 2 aromatic carbocycles. The second-order valence-electron chi connectivity index (χ2n) is 8.20. The molecule has 1 fully saturated rings. The molecule has 162 valence electrons. The standard InChI is InChI=1S/C25H24ClN5O/c1-3-24(32)30-11-7-17(8-12-30)31-10-4-9-27-22-13-18(20(26)14-23(22)31)25-16(2)5-6-21-19(25)15-28-29-21/h3-6,9-10,13-15,17H,1,7-8,11-12H2,2H3,(H,28,29). The van der Waals surface area contributed by atoms with Crippen LogP contribution in [0, 0.1) is 6.92 Å². The SMILES string of the molecule is C=CC(=O)N1CCC(N2C=CC=Nc3cc(-c4c(C)ccc5[nH]ncc45)c(Cl)cc32)CC1. The smallest absolute Gasteiger partial charge is 0.245 e. The lowest BCUT2D eigenvalue weighted by atomic mass is 9.95. The van der Waals surface area contributed by atoms with Crippen LogP contribution in [-0.4, -0.2) is 46.4 Å². The Kier molecular flexibility index (Phi) is 5.31. The third kappa shape index (κ3) is 3.50. The molecule has 0 radical (unpaired) electrons. The van der Waals surface area contributed by atoms with Gasteiger partial charge in [-0.3, -0.25) is 14.9 Å². The normalized spacial score (nSPS) is 16.3. The molecule has 3 heterocycles. The number of hydrogen-bond donors (Lipinski definition) is 1. The summed E-state index contributed by atoms with van der Waals surface area (Å²) in [4.78, 5) is 20.8. The Morgan fingerprint density at radius 1 is 1.28 bits per heavy atom. The Balaban J connectivity index is 1.53. The summed E-state index contributed by atoms with van der Waals surface area (Å²) in [7, 11) is 0. The summed E-state index contributed by atoms with van der Waals surface area (Å²) in [6.07, 6.45) is 10.8. The third-order valence-corrected chi connectivity index (χ3v) is 6.65. The van der Waals surface area contributed by atoms with Crippen molar-refractivity contribution in [3.05, 3.63) is 66.0 Å². The quantitative estimate of drug-likeness (QED) is 0.548. The van der Waals surface area contributed by atoms with Crippen LogP contribution < -0.4 is 4.90 Å². The van der Waals surface area contributed by atoms with Gasteiger partial charge in [0.2, 0.25) is 5.91 Å². The number of fused-ring (bicyclic) bond motifs is 2. The molecule has 7 heteroatoms. The van der Waals surface area contributed by atoms with Gasteiger partial charge in [-0.05, 0) is 61.2 Å². The number of aryl methyl sites for hydroxylation is 1. The van der Waals surface area contributed by atoms with E-state index in [1.807, 2.05) is 35.5 Å². The first-order valence-electron chi connectivity index (χ1n) is 10.7. The Labute approximate surface area is 191 Å². The molecule has 0 aliphatic carbocycles. The van der Waals surface area contributed by atoms with Crippen LogP contribution in [0.1, 0.15) is 18.4 Å². The minimum Gasteiger partial charge on any atom is -0.343 e. The average molecular weight is 446 g/mol. The predicted octanol–water partition coefficient (Wildman–Crippen LogP) is 5.40. The van der Waals surface area contributed by atoms with Gasteiger partial charge in [0.05, 0.1) is 28.1 Å². The number of halogens is 1. The molecule has 3 aromatic rings. The van der Waals surface area contributed by atoms with Gasteiger partial charge >= 0.3 is 0 Å². The maximum atomic E-state index is 12.0. The monoisotopic (exact) mass is 445 g/mol. The highest BCUT2D eigenvalue weighted by atomic mass is 35.5. The summed E-state index contributed by atoms with van der Waals surface area (Å²) < 4.78 is 0. The van der Waals surface area contributed by atoms with E-state index >= 15 is 0 Å². The van der Waals surface area contributed by atoms with Crippen molar-refractivity contribution >= 4 is 46.0 Å². The van der Waals surface area contributed by atoms with Crippen LogP contribution in [0.3, 0.4) is 0 Å². The topological polar surface area (TPSA) is 64.6 Å². The van der Waals surface area contributed by atoms with Gasteiger partial charge in [-0.15, -0.1) is 0 Å². The number of nitrogens with one attached hydrogen (secondary N) is 1. The first-order valence-corrected chi connectivity index (χ1v) is 11.1. The Morgan fingerprint density at radius 3 is 2.88 bits per heavy atom. The van der Waals surface area contributed by atoms with E-state index in [2.05, 4.69) is 46.9 Å². The minimum absolute atomic E-state index is 0.00456. The van der Waals surface area contributed by atoms with Crippen LogP contribution in [0.5, 0.6) is 0 Å². The van der Waals surface area contributed by atoms with Crippen LogP contribution in [-0.2, 0) is 4.79 Å². The van der Waals surface area contributed by atoms with Gasteiger partial charge in [-0.2, -0.15) is 5.10 Å². The van der Waals surface area contributed by atoms with E-state index in [0.29, 0.717) is 18.1 Å². The molecule has 0 bridgehead atoms. The molecule has 0 unspecified atom stereocenters. The molecular formula is C25H24ClN5O. The minimum atomic E-state index is -0.00456. The molecule has 1 aromatic heterocycles. The van der Waals surface area contributed by atoms with Gasteiger partial charge in [0.15, 0.2) is 0 Å². The molecule has 1 amide bonds. The molecular weight excluding hydrogens is 422 g/mol. The fraction of sp³-hybridized carbons (Fsp3) is 0.240. The number of nitrogens with zero attached hydrogens (tertiary/aromatic N) is 4. The van der Waals surface area contributed by atoms with Crippen molar-refractivity contribution in [3.63, 3.8) is 0 Å². The Morgan fingerprint density at radius 2 is 2.09 bits per heavy atom. The zero-order chi connectivity index (χ0) is 22.2. The van der Waals surface area contributed by atoms with Crippen molar-refractivity contribution in [1.29, 1.82) is 0 Å².